The minimum Gasteiger partial charge on any atom is -0.378 e. The molecule has 0 spiro atoms. The molecule has 4 rings (SSSR count). The lowest BCUT2D eigenvalue weighted by atomic mass is 10.1. The minimum absolute atomic E-state index is 0. The van der Waals surface area contributed by atoms with Gasteiger partial charge in [0.25, 0.3) is 5.91 Å². The lowest BCUT2D eigenvalue weighted by Crippen LogP contribution is -2.37. The molecule has 1 unspecified atom stereocenters. The molecule has 0 bridgehead atoms. The first-order valence-corrected chi connectivity index (χ1v) is 9.76. The van der Waals surface area contributed by atoms with Gasteiger partial charge in [0, 0.05) is 38.1 Å². The first-order chi connectivity index (χ1) is 13.3. The number of nitrogens with one attached hydrogen (secondary N) is 2. The number of halogens is 1. The number of anilines is 1. The molecule has 2 saturated heterocycles. The molecule has 2 aromatic rings. The summed E-state index contributed by atoms with van der Waals surface area (Å²) in [6.45, 7) is 5.71. The monoisotopic (exact) mass is 405 g/mol. The largest absolute Gasteiger partial charge is 0.378 e. The van der Waals surface area contributed by atoms with E-state index in [4.69, 9.17) is 4.74 Å². The van der Waals surface area contributed by atoms with Crippen molar-refractivity contribution in [1.82, 2.24) is 20.4 Å². The molecular weight excluding hydrogens is 378 g/mol. The van der Waals surface area contributed by atoms with Crippen LogP contribution < -0.4 is 15.5 Å². The van der Waals surface area contributed by atoms with Crippen LogP contribution in [-0.2, 0) is 11.3 Å². The van der Waals surface area contributed by atoms with Crippen molar-refractivity contribution >= 4 is 24.0 Å². The average Bonchev–Trinajstić information content (AvgIpc) is 3.24. The lowest BCUT2D eigenvalue weighted by molar-refractivity contribution is 0.0944. The van der Waals surface area contributed by atoms with Gasteiger partial charge in [0.2, 0.25) is 0 Å². The van der Waals surface area contributed by atoms with Crippen LogP contribution in [0.2, 0.25) is 0 Å². The Morgan fingerprint density at radius 2 is 2.07 bits per heavy atom. The van der Waals surface area contributed by atoms with E-state index in [-0.39, 0.29) is 18.3 Å². The van der Waals surface area contributed by atoms with Crippen molar-refractivity contribution in [3.63, 3.8) is 0 Å². The first-order valence-electron chi connectivity index (χ1n) is 9.76. The summed E-state index contributed by atoms with van der Waals surface area (Å²) in [6.07, 6.45) is 4.15. The van der Waals surface area contributed by atoms with Crippen LogP contribution in [0.5, 0.6) is 0 Å². The molecule has 1 aromatic heterocycles. The summed E-state index contributed by atoms with van der Waals surface area (Å²) in [5, 5.41) is 10.9. The molecule has 1 amide bonds. The molecule has 2 aliphatic heterocycles. The molecule has 0 saturated carbocycles. The number of amides is 1. The maximum absolute atomic E-state index is 12.6. The number of hydrogen-bond acceptors (Lipinski definition) is 5. The summed E-state index contributed by atoms with van der Waals surface area (Å²) < 4.78 is 7.36. The van der Waals surface area contributed by atoms with E-state index in [1.54, 1.807) is 6.07 Å². The van der Waals surface area contributed by atoms with Gasteiger partial charge >= 0.3 is 0 Å². The highest BCUT2D eigenvalue weighted by atomic mass is 35.5. The SMILES string of the molecule is Cl.O=C(NCc1ccccc1N1CCOCC1)c1ccn(C2CCCNC2)n1. The van der Waals surface area contributed by atoms with Gasteiger partial charge in [-0.05, 0) is 37.1 Å². The normalized spacial score (nSPS) is 19.7. The molecule has 3 heterocycles. The quantitative estimate of drug-likeness (QED) is 0.796. The number of carbonyl (C=O) groups is 1. The number of para-hydroxylation sites is 1. The minimum atomic E-state index is -0.130. The third-order valence-corrected chi connectivity index (χ3v) is 5.27. The predicted octanol–water partition coefficient (Wildman–Crippen LogP) is 2.00. The van der Waals surface area contributed by atoms with Crippen LogP contribution in [0.1, 0.15) is 34.9 Å². The van der Waals surface area contributed by atoms with Crippen molar-refractivity contribution in [1.29, 1.82) is 0 Å². The highest BCUT2D eigenvalue weighted by molar-refractivity contribution is 5.92. The van der Waals surface area contributed by atoms with Crippen molar-refractivity contribution in [3.8, 4) is 0 Å². The molecule has 28 heavy (non-hydrogen) atoms. The van der Waals surface area contributed by atoms with E-state index in [1.165, 1.54) is 5.69 Å². The standard InChI is InChI=1S/C20H27N5O2.ClH/c26-20(18-7-9-25(23-18)17-5-3-8-21-15-17)22-14-16-4-1-2-6-19(16)24-10-12-27-13-11-24;/h1-2,4,6-7,9,17,21H,3,5,8,10-15H2,(H,22,26);1H. The van der Waals surface area contributed by atoms with Crippen LogP contribution in [0, 0.1) is 0 Å². The summed E-state index contributed by atoms with van der Waals surface area (Å²) in [7, 11) is 0. The third-order valence-electron chi connectivity index (χ3n) is 5.27. The van der Waals surface area contributed by atoms with Gasteiger partial charge in [-0.25, -0.2) is 0 Å². The zero-order valence-electron chi connectivity index (χ0n) is 16.0. The number of ether oxygens (including phenoxy) is 1. The zero-order chi connectivity index (χ0) is 18.5. The number of piperidine rings is 1. The van der Waals surface area contributed by atoms with Gasteiger partial charge in [-0.1, -0.05) is 18.2 Å². The Kier molecular flexibility index (Phi) is 7.30. The summed E-state index contributed by atoms with van der Waals surface area (Å²) in [4.78, 5) is 14.9. The topological polar surface area (TPSA) is 71.4 Å². The van der Waals surface area contributed by atoms with Gasteiger partial charge in [-0.3, -0.25) is 9.48 Å². The summed E-state index contributed by atoms with van der Waals surface area (Å²) in [5.41, 5.74) is 2.76. The molecule has 0 aliphatic carbocycles. The van der Waals surface area contributed by atoms with Gasteiger partial charge in [0.05, 0.1) is 19.3 Å². The number of rotatable bonds is 5. The number of carbonyl (C=O) groups excluding carboxylic acids is 1. The zero-order valence-corrected chi connectivity index (χ0v) is 16.8. The molecule has 2 aliphatic rings. The van der Waals surface area contributed by atoms with Gasteiger partial charge in [0.15, 0.2) is 0 Å². The van der Waals surface area contributed by atoms with E-state index in [0.29, 0.717) is 18.3 Å². The van der Waals surface area contributed by atoms with Crippen LogP contribution in [0.4, 0.5) is 5.69 Å². The molecule has 8 heteroatoms. The predicted molar refractivity (Wildman–Crippen MR) is 111 cm³/mol. The Bertz CT molecular complexity index is 769. The van der Waals surface area contributed by atoms with Crippen LogP contribution >= 0.6 is 12.4 Å². The van der Waals surface area contributed by atoms with Crippen LogP contribution in [0.3, 0.4) is 0 Å². The highest BCUT2D eigenvalue weighted by Gasteiger charge is 2.18. The van der Waals surface area contributed by atoms with Crippen molar-refractivity contribution < 1.29 is 9.53 Å². The number of aromatic nitrogens is 2. The van der Waals surface area contributed by atoms with Crippen molar-refractivity contribution in [2.45, 2.75) is 25.4 Å². The summed E-state index contributed by atoms with van der Waals surface area (Å²) in [5.74, 6) is -0.130. The van der Waals surface area contributed by atoms with Gasteiger partial charge in [-0.15, -0.1) is 12.4 Å². The van der Waals surface area contributed by atoms with Crippen LogP contribution in [0.15, 0.2) is 36.5 Å². The molecule has 2 fully saturated rings. The van der Waals surface area contributed by atoms with Crippen LogP contribution in [0.25, 0.3) is 0 Å². The number of morpholine rings is 1. The number of hydrogen-bond donors (Lipinski definition) is 2. The van der Waals surface area contributed by atoms with E-state index >= 15 is 0 Å². The molecule has 1 atom stereocenters. The van der Waals surface area contributed by atoms with Gasteiger partial charge in [0.1, 0.15) is 5.69 Å². The second-order valence-electron chi connectivity index (χ2n) is 7.09. The van der Waals surface area contributed by atoms with E-state index < -0.39 is 0 Å². The van der Waals surface area contributed by atoms with Crippen LogP contribution in [-0.4, -0.2) is 55.1 Å². The molecular formula is C20H28ClN5O2. The summed E-state index contributed by atoms with van der Waals surface area (Å²) >= 11 is 0. The van der Waals surface area contributed by atoms with E-state index in [9.17, 15) is 4.79 Å². The molecule has 2 N–H and O–H groups in total. The fraction of sp³-hybridized carbons (Fsp3) is 0.500. The molecule has 7 nitrogen and oxygen atoms in total. The average molecular weight is 406 g/mol. The Morgan fingerprint density at radius 3 is 2.86 bits per heavy atom. The van der Waals surface area contributed by atoms with Crippen molar-refractivity contribution in [2.24, 2.45) is 0 Å². The first kappa shape index (κ1) is 20.6. The van der Waals surface area contributed by atoms with E-state index in [0.717, 1.165) is 57.8 Å². The maximum atomic E-state index is 12.6. The Balaban J connectivity index is 0.00000225. The third kappa shape index (κ3) is 4.84. The van der Waals surface area contributed by atoms with E-state index in [2.05, 4.69) is 32.8 Å². The second kappa shape index (κ2) is 9.91. The number of benzene rings is 1. The van der Waals surface area contributed by atoms with Gasteiger partial charge < -0.3 is 20.3 Å². The smallest absolute Gasteiger partial charge is 0.272 e. The fourth-order valence-electron chi connectivity index (χ4n) is 3.76. The van der Waals surface area contributed by atoms with Crippen molar-refractivity contribution in [2.75, 3.05) is 44.3 Å². The number of nitrogens with zero attached hydrogens (tertiary/aromatic N) is 3. The summed E-state index contributed by atoms with van der Waals surface area (Å²) in [6, 6.07) is 10.4. The lowest BCUT2D eigenvalue weighted by Gasteiger charge is -2.30. The highest BCUT2D eigenvalue weighted by Crippen LogP contribution is 2.21. The van der Waals surface area contributed by atoms with E-state index in [1.807, 2.05) is 23.0 Å². The fourth-order valence-corrected chi connectivity index (χ4v) is 3.76. The second-order valence-corrected chi connectivity index (χ2v) is 7.09. The molecule has 152 valence electrons. The van der Waals surface area contributed by atoms with Gasteiger partial charge in [-0.2, -0.15) is 5.10 Å². The van der Waals surface area contributed by atoms with Crippen molar-refractivity contribution in [3.05, 3.63) is 47.8 Å². The Hall–Kier alpha value is -2.09. The maximum Gasteiger partial charge on any atom is 0.272 e. The molecule has 1 aromatic carbocycles. The Labute approximate surface area is 171 Å². The Morgan fingerprint density at radius 1 is 1.25 bits per heavy atom. The molecule has 0 radical (unpaired) electrons.